The normalized spacial score (nSPS) is 16.9. The molecule has 0 aromatic carbocycles. The van der Waals surface area contributed by atoms with Gasteiger partial charge in [-0.05, 0) is 54.0 Å². The summed E-state index contributed by atoms with van der Waals surface area (Å²) in [5, 5.41) is 13.2. The van der Waals surface area contributed by atoms with Crippen LogP contribution in [0.2, 0.25) is 0 Å². The molecule has 1 N–H and O–H groups in total. The van der Waals surface area contributed by atoms with Gasteiger partial charge in [-0.3, -0.25) is 10.00 Å². The molecule has 0 amide bonds. The average Bonchev–Trinajstić information content (AvgIpc) is 3.29. The van der Waals surface area contributed by atoms with Crippen LogP contribution in [0.15, 0.2) is 32.7 Å². The van der Waals surface area contributed by atoms with Crippen LogP contribution < -0.4 is 0 Å². The summed E-state index contributed by atoms with van der Waals surface area (Å²) in [7, 11) is 0. The summed E-state index contributed by atoms with van der Waals surface area (Å²) in [5.74, 6) is 1.93. The lowest BCUT2D eigenvalue weighted by Crippen LogP contribution is -2.32. The lowest BCUT2D eigenvalue weighted by atomic mass is 9.94. The number of nitrogens with zero attached hydrogens (tertiary/aromatic N) is 4. The quantitative estimate of drug-likeness (QED) is 0.731. The van der Waals surface area contributed by atoms with Crippen LogP contribution in [0, 0.1) is 0 Å². The second-order valence-electron chi connectivity index (χ2n) is 5.70. The van der Waals surface area contributed by atoms with Crippen molar-refractivity contribution in [3.8, 4) is 10.7 Å². The molecule has 6 nitrogen and oxygen atoms in total. The number of likely N-dealkylation sites (tertiary alicyclic amines) is 1. The van der Waals surface area contributed by atoms with Crippen molar-refractivity contribution >= 4 is 27.3 Å². The maximum absolute atomic E-state index is 5.40. The zero-order chi connectivity index (χ0) is 15.6. The number of aromatic nitrogens is 4. The molecule has 120 valence electrons. The number of piperidine rings is 1. The van der Waals surface area contributed by atoms with Crippen molar-refractivity contribution in [2.24, 2.45) is 0 Å². The molecule has 1 saturated heterocycles. The SMILES string of the molecule is Brc1csc(-c2noc(CN3CCC(c4ccn[nH]4)CC3)n2)c1. The largest absolute Gasteiger partial charge is 0.338 e. The summed E-state index contributed by atoms with van der Waals surface area (Å²) < 4.78 is 6.45. The molecule has 4 heterocycles. The predicted molar refractivity (Wildman–Crippen MR) is 91.2 cm³/mol. The van der Waals surface area contributed by atoms with Gasteiger partial charge in [0, 0.05) is 27.7 Å². The first-order valence-electron chi connectivity index (χ1n) is 7.56. The van der Waals surface area contributed by atoms with Crippen LogP contribution in [0.1, 0.15) is 30.3 Å². The van der Waals surface area contributed by atoms with E-state index >= 15 is 0 Å². The van der Waals surface area contributed by atoms with Gasteiger partial charge in [-0.15, -0.1) is 11.3 Å². The van der Waals surface area contributed by atoms with Crippen LogP contribution in [-0.2, 0) is 6.54 Å². The Morgan fingerprint density at radius 1 is 1.39 bits per heavy atom. The van der Waals surface area contributed by atoms with Gasteiger partial charge in [0.2, 0.25) is 11.7 Å². The van der Waals surface area contributed by atoms with Crippen molar-refractivity contribution in [1.82, 2.24) is 25.2 Å². The van der Waals surface area contributed by atoms with E-state index in [0.717, 1.165) is 41.8 Å². The molecule has 8 heteroatoms. The van der Waals surface area contributed by atoms with Gasteiger partial charge < -0.3 is 4.52 Å². The van der Waals surface area contributed by atoms with Gasteiger partial charge in [0.05, 0.1) is 11.4 Å². The summed E-state index contributed by atoms with van der Waals surface area (Å²) in [6, 6.07) is 4.08. The molecule has 3 aromatic rings. The molecule has 0 atom stereocenters. The Labute approximate surface area is 146 Å². The van der Waals surface area contributed by atoms with E-state index in [1.807, 2.05) is 17.6 Å². The second-order valence-corrected chi connectivity index (χ2v) is 7.53. The van der Waals surface area contributed by atoms with Crippen LogP contribution in [0.4, 0.5) is 0 Å². The molecule has 0 aliphatic carbocycles. The molecule has 0 saturated carbocycles. The van der Waals surface area contributed by atoms with E-state index in [0.29, 0.717) is 17.6 Å². The summed E-state index contributed by atoms with van der Waals surface area (Å²) in [5.41, 5.74) is 1.24. The Kier molecular flexibility index (Phi) is 4.28. The Morgan fingerprint density at radius 2 is 2.26 bits per heavy atom. The maximum Gasteiger partial charge on any atom is 0.241 e. The Morgan fingerprint density at radius 3 is 2.96 bits per heavy atom. The first kappa shape index (κ1) is 15.0. The standard InChI is InChI=1S/C15H16BrN5OS/c16-11-7-13(23-9-11)15-18-14(22-20-15)8-21-5-2-10(3-6-21)12-1-4-17-19-12/h1,4,7,9-10H,2-3,5-6,8H2,(H,17,19). The predicted octanol–water partition coefficient (Wildman–Crippen LogP) is 3.66. The minimum absolute atomic E-state index is 0.579. The van der Waals surface area contributed by atoms with Crippen LogP contribution >= 0.6 is 27.3 Å². The fraction of sp³-hybridized carbons (Fsp3) is 0.400. The molecule has 0 unspecified atom stereocenters. The van der Waals surface area contributed by atoms with Gasteiger partial charge in [-0.1, -0.05) is 5.16 Å². The molecule has 1 aliphatic rings. The number of nitrogens with one attached hydrogen (secondary N) is 1. The number of aromatic amines is 1. The number of thiophene rings is 1. The monoisotopic (exact) mass is 393 g/mol. The third kappa shape index (κ3) is 3.39. The minimum Gasteiger partial charge on any atom is -0.338 e. The summed E-state index contributed by atoms with van der Waals surface area (Å²) in [6.07, 6.45) is 4.08. The van der Waals surface area contributed by atoms with E-state index in [-0.39, 0.29) is 0 Å². The lowest BCUT2D eigenvalue weighted by molar-refractivity contribution is 0.180. The first-order chi connectivity index (χ1) is 11.3. The summed E-state index contributed by atoms with van der Waals surface area (Å²) in [4.78, 5) is 7.90. The fourth-order valence-electron chi connectivity index (χ4n) is 2.94. The lowest BCUT2D eigenvalue weighted by Gasteiger charge is -2.30. The van der Waals surface area contributed by atoms with Crippen molar-refractivity contribution in [3.63, 3.8) is 0 Å². The van der Waals surface area contributed by atoms with E-state index in [4.69, 9.17) is 4.52 Å². The van der Waals surface area contributed by atoms with E-state index in [2.05, 4.69) is 47.2 Å². The van der Waals surface area contributed by atoms with Crippen molar-refractivity contribution in [2.45, 2.75) is 25.3 Å². The van der Waals surface area contributed by atoms with Gasteiger partial charge >= 0.3 is 0 Å². The number of halogens is 1. The Hall–Kier alpha value is -1.51. The molecule has 1 aliphatic heterocycles. The van der Waals surface area contributed by atoms with Gasteiger partial charge in [0.1, 0.15) is 0 Å². The Balaban J connectivity index is 1.35. The molecular weight excluding hydrogens is 378 g/mol. The van der Waals surface area contributed by atoms with Gasteiger partial charge in [0.15, 0.2) is 0 Å². The van der Waals surface area contributed by atoms with Crippen LogP contribution in [-0.4, -0.2) is 38.3 Å². The minimum atomic E-state index is 0.579. The van der Waals surface area contributed by atoms with E-state index in [1.165, 1.54) is 5.69 Å². The number of hydrogen-bond acceptors (Lipinski definition) is 6. The Bertz CT molecular complexity index is 761. The zero-order valence-corrected chi connectivity index (χ0v) is 14.8. The van der Waals surface area contributed by atoms with Gasteiger partial charge in [0.25, 0.3) is 0 Å². The van der Waals surface area contributed by atoms with Crippen LogP contribution in [0.25, 0.3) is 10.7 Å². The first-order valence-corrected chi connectivity index (χ1v) is 9.24. The number of rotatable bonds is 4. The molecule has 3 aromatic heterocycles. The highest BCUT2D eigenvalue weighted by Gasteiger charge is 2.23. The molecular formula is C15H16BrN5OS. The zero-order valence-electron chi connectivity index (χ0n) is 12.4. The van der Waals surface area contributed by atoms with E-state index < -0.39 is 0 Å². The maximum atomic E-state index is 5.40. The molecule has 4 rings (SSSR count). The van der Waals surface area contributed by atoms with E-state index in [1.54, 1.807) is 11.3 Å². The van der Waals surface area contributed by atoms with Crippen molar-refractivity contribution in [3.05, 3.63) is 39.8 Å². The van der Waals surface area contributed by atoms with Crippen molar-refractivity contribution in [2.75, 3.05) is 13.1 Å². The topological polar surface area (TPSA) is 70.8 Å². The molecule has 1 fully saturated rings. The summed E-state index contributed by atoms with van der Waals surface area (Å²) in [6.45, 7) is 2.78. The van der Waals surface area contributed by atoms with E-state index in [9.17, 15) is 0 Å². The molecule has 0 bridgehead atoms. The van der Waals surface area contributed by atoms with Crippen LogP contribution in [0.3, 0.4) is 0 Å². The second kappa shape index (κ2) is 6.54. The van der Waals surface area contributed by atoms with Crippen LogP contribution in [0.5, 0.6) is 0 Å². The molecule has 0 spiro atoms. The fourth-order valence-corrected chi connectivity index (χ4v) is 4.29. The molecule has 0 radical (unpaired) electrons. The third-order valence-electron chi connectivity index (χ3n) is 4.16. The highest BCUT2D eigenvalue weighted by atomic mass is 79.9. The van der Waals surface area contributed by atoms with Gasteiger partial charge in [-0.2, -0.15) is 10.1 Å². The third-order valence-corrected chi connectivity index (χ3v) is 5.85. The van der Waals surface area contributed by atoms with Crippen molar-refractivity contribution < 1.29 is 4.52 Å². The smallest absolute Gasteiger partial charge is 0.241 e. The van der Waals surface area contributed by atoms with Gasteiger partial charge in [-0.25, -0.2) is 0 Å². The highest BCUT2D eigenvalue weighted by molar-refractivity contribution is 9.10. The molecule has 23 heavy (non-hydrogen) atoms. The van der Waals surface area contributed by atoms with Crippen molar-refractivity contribution in [1.29, 1.82) is 0 Å². The number of hydrogen-bond donors (Lipinski definition) is 1. The highest BCUT2D eigenvalue weighted by Crippen LogP contribution is 2.29. The summed E-state index contributed by atoms with van der Waals surface area (Å²) >= 11 is 5.05. The average molecular weight is 394 g/mol. The number of H-pyrrole nitrogens is 1.